The van der Waals surface area contributed by atoms with Gasteiger partial charge in [0.25, 0.3) is 0 Å². The zero-order valence-electron chi connectivity index (χ0n) is 29.6. The van der Waals surface area contributed by atoms with Crippen LogP contribution in [0.5, 0.6) is 0 Å². The van der Waals surface area contributed by atoms with E-state index >= 15 is 0 Å². The molecule has 9 rings (SSSR count). The van der Waals surface area contributed by atoms with Gasteiger partial charge in [-0.25, -0.2) is 9.97 Å². The van der Waals surface area contributed by atoms with Crippen molar-refractivity contribution in [3.05, 3.63) is 115 Å². The predicted molar refractivity (Wildman–Crippen MR) is 197 cm³/mol. The molecule has 0 atom stereocenters. The molecular weight excluding hydrogens is 638 g/mol. The van der Waals surface area contributed by atoms with Crippen molar-refractivity contribution in [1.82, 2.24) is 24.5 Å². The van der Waals surface area contributed by atoms with Gasteiger partial charge in [-0.15, -0.1) is 0 Å². The zero-order valence-corrected chi connectivity index (χ0v) is 29.6. The number of pyridine rings is 2. The Bertz CT molecular complexity index is 2320. The summed E-state index contributed by atoms with van der Waals surface area (Å²) in [6.07, 6.45) is 13.0. The molecule has 6 aromatic rings. The monoisotopic (exact) mass is 677 g/mol. The smallest absolute Gasteiger partial charge is 0.237 e. The SMILES string of the molecule is CN1C(=O)C(C)(C)c2ccc(-n3cnc(-c4ccncc4)c3)cc21.Cc1cc(-c2cnc(-c3ccc4c(c3)N(C3CC3)C(=O)C4(C)C)o2)ccn1. The first kappa shape index (κ1) is 32.3. The summed E-state index contributed by atoms with van der Waals surface area (Å²) in [4.78, 5) is 46.2. The van der Waals surface area contributed by atoms with E-state index in [2.05, 4.69) is 19.9 Å². The van der Waals surface area contributed by atoms with Gasteiger partial charge in [0.05, 0.1) is 29.0 Å². The number of hydrogen-bond donors (Lipinski definition) is 0. The van der Waals surface area contributed by atoms with Gasteiger partial charge in [0.15, 0.2) is 5.76 Å². The van der Waals surface area contributed by atoms with Crippen molar-refractivity contribution in [3.8, 4) is 39.7 Å². The summed E-state index contributed by atoms with van der Waals surface area (Å²) in [5, 5.41) is 0. The van der Waals surface area contributed by atoms with Crippen LogP contribution < -0.4 is 9.80 Å². The molecule has 51 heavy (non-hydrogen) atoms. The van der Waals surface area contributed by atoms with Crippen molar-refractivity contribution in [2.24, 2.45) is 0 Å². The maximum absolute atomic E-state index is 12.9. The van der Waals surface area contributed by atoms with Crippen LogP contribution in [0.2, 0.25) is 0 Å². The van der Waals surface area contributed by atoms with Gasteiger partial charge in [0.1, 0.15) is 0 Å². The lowest BCUT2D eigenvalue weighted by Gasteiger charge is -2.19. The van der Waals surface area contributed by atoms with Gasteiger partial charge in [-0.1, -0.05) is 12.1 Å². The van der Waals surface area contributed by atoms with Crippen LogP contribution in [0, 0.1) is 6.92 Å². The number of carbonyl (C=O) groups excluding carboxylic acids is 2. The van der Waals surface area contributed by atoms with Gasteiger partial charge in [-0.05, 0) is 107 Å². The number of aromatic nitrogens is 5. The lowest BCUT2D eigenvalue weighted by molar-refractivity contribution is -0.122. The van der Waals surface area contributed by atoms with E-state index in [1.54, 1.807) is 36.0 Å². The number of carbonyl (C=O) groups is 2. The first-order valence-electron chi connectivity index (χ1n) is 17.2. The summed E-state index contributed by atoms with van der Waals surface area (Å²) in [5.41, 5.74) is 8.84. The van der Waals surface area contributed by atoms with Crippen LogP contribution in [0.25, 0.3) is 39.7 Å². The number of anilines is 2. The molecule has 0 unspecified atom stereocenters. The third-order valence-corrected chi connectivity index (χ3v) is 10.2. The molecule has 256 valence electrons. The minimum Gasteiger partial charge on any atom is -0.436 e. The fraction of sp³-hybridized carbons (Fsp3) is 0.268. The lowest BCUT2D eigenvalue weighted by Crippen LogP contribution is -2.37. The molecule has 3 aliphatic rings. The molecule has 2 aromatic carbocycles. The molecule has 6 heterocycles. The van der Waals surface area contributed by atoms with E-state index in [9.17, 15) is 9.59 Å². The van der Waals surface area contributed by atoms with Crippen LogP contribution in [0.4, 0.5) is 11.4 Å². The zero-order chi connectivity index (χ0) is 35.7. The number of imidazole rings is 1. The van der Waals surface area contributed by atoms with Gasteiger partial charge in [0.2, 0.25) is 17.7 Å². The highest BCUT2D eigenvalue weighted by atomic mass is 16.4. The van der Waals surface area contributed by atoms with Crippen molar-refractivity contribution in [2.45, 2.75) is 64.3 Å². The highest BCUT2D eigenvalue weighted by Gasteiger charge is 2.49. The Labute approximate surface area is 296 Å². The molecule has 1 saturated carbocycles. The van der Waals surface area contributed by atoms with Crippen LogP contribution in [-0.2, 0) is 20.4 Å². The van der Waals surface area contributed by atoms with Crippen molar-refractivity contribution in [2.75, 3.05) is 16.8 Å². The van der Waals surface area contributed by atoms with E-state index in [-0.39, 0.29) is 11.8 Å². The van der Waals surface area contributed by atoms with E-state index < -0.39 is 10.8 Å². The average Bonchev–Trinajstić information content (AvgIpc) is 3.48. The molecule has 0 bridgehead atoms. The van der Waals surface area contributed by atoms with E-state index in [1.165, 1.54) is 0 Å². The lowest BCUT2D eigenvalue weighted by atomic mass is 9.86. The van der Waals surface area contributed by atoms with E-state index in [0.717, 1.165) is 69.1 Å². The van der Waals surface area contributed by atoms with Gasteiger partial charge in [0, 0.05) is 77.3 Å². The molecule has 0 N–H and O–H groups in total. The summed E-state index contributed by atoms with van der Waals surface area (Å²) in [7, 11) is 1.83. The minimum absolute atomic E-state index is 0.123. The number of nitrogens with zero attached hydrogens (tertiary/aromatic N) is 7. The van der Waals surface area contributed by atoms with Gasteiger partial charge >= 0.3 is 0 Å². The van der Waals surface area contributed by atoms with Crippen LogP contribution in [0.15, 0.2) is 102 Å². The second kappa shape index (κ2) is 11.9. The topological polar surface area (TPSA) is 110 Å². The standard InChI is InChI=1S/C22H21N3O2.C19H18N4O/c1-13-10-14(8-9-23-13)19-12-24-20(27-19)15-4-7-17-18(11-15)25(16-5-6-16)21(26)22(17,2)3;1-19(2)15-5-4-14(10-17(15)22(3)18(19)24)23-11-16(21-12-23)13-6-8-20-9-7-13/h4,7-12,16H,5-6H2,1-3H3;4-12H,1-3H3. The molecule has 4 aromatic heterocycles. The largest absolute Gasteiger partial charge is 0.436 e. The Kier molecular flexibility index (Phi) is 7.52. The molecule has 0 saturated heterocycles. The summed E-state index contributed by atoms with van der Waals surface area (Å²) >= 11 is 0. The van der Waals surface area contributed by atoms with Gasteiger partial charge < -0.3 is 18.8 Å². The average molecular weight is 678 g/mol. The Morgan fingerprint density at radius 1 is 0.745 bits per heavy atom. The number of amides is 2. The molecule has 0 radical (unpaired) electrons. The molecule has 1 fully saturated rings. The van der Waals surface area contributed by atoms with Crippen LogP contribution in [0.3, 0.4) is 0 Å². The second-order valence-corrected chi connectivity index (χ2v) is 14.6. The highest BCUT2D eigenvalue weighted by Crippen LogP contribution is 2.48. The predicted octanol–water partition coefficient (Wildman–Crippen LogP) is 7.69. The third-order valence-electron chi connectivity index (χ3n) is 10.2. The second-order valence-electron chi connectivity index (χ2n) is 14.6. The Morgan fingerprint density at radius 2 is 1.45 bits per heavy atom. The van der Waals surface area contributed by atoms with Gasteiger partial charge in [-0.3, -0.25) is 19.6 Å². The maximum Gasteiger partial charge on any atom is 0.237 e. The number of rotatable bonds is 5. The summed E-state index contributed by atoms with van der Waals surface area (Å²) < 4.78 is 7.99. The summed E-state index contributed by atoms with van der Waals surface area (Å²) in [6, 6.07) is 20.3. The summed E-state index contributed by atoms with van der Waals surface area (Å²) in [6.45, 7) is 9.90. The Hall–Kier alpha value is -5.90. The number of oxazole rings is 1. The fourth-order valence-electron chi connectivity index (χ4n) is 7.12. The molecule has 2 aliphatic heterocycles. The van der Waals surface area contributed by atoms with Crippen molar-refractivity contribution < 1.29 is 14.0 Å². The van der Waals surface area contributed by atoms with Crippen LogP contribution >= 0.6 is 0 Å². The third kappa shape index (κ3) is 5.51. The molecule has 2 amide bonds. The minimum atomic E-state index is -0.479. The number of aryl methyl sites for hydroxylation is 1. The number of fused-ring (bicyclic) bond motifs is 2. The van der Waals surface area contributed by atoms with Crippen molar-refractivity contribution in [1.29, 1.82) is 0 Å². The normalized spacial score (nSPS) is 16.9. The maximum atomic E-state index is 12.9. The molecule has 10 heteroatoms. The van der Waals surface area contributed by atoms with E-state index in [4.69, 9.17) is 4.42 Å². The summed E-state index contributed by atoms with van der Waals surface area (Å²) in [5.74, 6) is 1.59. The van der Waals surface area contributed by atoms with Crippen LogP contribution in [0.1, 0.15) is 57.4 Å². The molecular formula is C41H39N7O3. The highest BCUT2D eigenvalue weighted by molar-refractivity contribution is 6.09. The van der Waals surface area contributed by atoms with E-state index in [1.807, 2.05) is 118 Å². The molecule has 10 nitrogen and oxygen atoms in total. The van der Waals surface area contributed by atoms with E-state index in [0.29, 0.717) is 17.7 Å². The Balaban J connectivity index is 0.000000148. The number of likely N-dealkylation sites (N-methyl/N-ethyl adjacent to an activating group) is 1. The van der Waals surface area contributed by atoms with Crippen molar-refractivity contribution in [3.63, 3.8) is 0 Å². The first-order valence-corrected chi connectivity index (χ1v) is 17.2. The van der Waals surface area contributed by atoms with Crippen molar-refractivity contribution >= 4 is 23.2 Å². The van der Waals surface area contributed by atoms with Gasteiger partial charge in [-0.2, -0.15) is 0 Å². The molecule has 0 spiro atoms. The number of benzene rings is 2. The molecule has 1 aliphatic carbocycles. The first-order chi connectivity index (χ1) is 24.4. The Morgan fingerprint density at radius 3 is 2.20 bits per heavy atom. The number of hydrogen-bond acceptors (Lipinski definition) is 7. The quantitative estimate of drug-likeness (QED) is 0.184. The fourth-order valence-corrected chi connectivity index (χ4v) is 7.12. The van der Waals surface area contributed by atoms with Crippen LogP contribution in [-0.4, -0.2) is 49.4 Å².